The Morgan fingerprint density at radius 2 is 2.00 bits per heavy atom. The van der Waals surface area contributed by atoms with E-state index in [-0.39, 0.29) is 30.3 Å². The lowest BCUT2D eigenvalue weighted by Crippen LogP contribution is -2.53. The van der Waals surface area contributed by atoms with Crippen LogP contribution in [-0.4, -0.2) is 62.3 Å². The van der Waals surface area contributed by atoms with Crippen LogP contribution in [0.4, 0.5) is 9.18 Å². The molecule has 7 heteroatoms. The third-order valence-corrected chi connectivity index (χ3v) is 4.94. The molecule has 0 unspecified atom stereocenters. The van der Waals surface area contributed by atoms with Crippen LogP contribution in [0, 0.1) is 5.82 Å². The smallest absolute Gasteiger partial charge is 0.410 e. The summed E-state index contributed by atoms with van der Waals surface area (Å²) in [5.74, 6) is -0.0930. The first kappa shape index (κ1) is 22.1. The molecule has 1 fully saturated rings. The first-order valence-electron chi connectivity index (χ1n) is 10.3. The van der Waals surface area contributed by atoms with E-state index < -0.39 is 0 Å². The molecule has 6 nitrogen and oxygen atoms in total. The zero-order chi connectivity index (χ0) is 21.3. The Morgan fingerprint density at radius 1 is 1.20 bits per heavy atom. The standard InChI is InChI=1S/C23H30FN3O3/c1-26(2)15-19-8-9-22(21(24)14-19)29-13-10-20-16-27(12-11-25-20)23(28)30-17-18-6-4-3-5-7-18/h3-9,14,20,25H,10-13,15-17H2,1-2H3/t20-/m1/s1. The van der Waals surface area contributed by atoms with Gasteiger partial charge in [0.25, 0.3) is 0 Å². The molecule has 1 heterocycles. The van der Waals surface area contributed by atoms with Gasteiger partial charge in [0.15, 0.2) is 11.6 Å². The number of halogens is 1. The SMILES string of the molecule is CN(C)Cc1ccc(OCC[C@@H]2CN(C(=O)OCc3ccccc3)CCN2)c(F)c1. The molecule has 1 N–H and O–H groups in total. The fourth-order valence-corrected chi connectivity index (χ4v) is 3.43. The summed E-state index contributed by atoms with van der Waals surface area (Å²) in [6, 6.07) is 14.8. The number of benzene rings is 2. The minimum absolute atomic E-state index is 0.0825. The first-order valence-corrected chi connectivity index (χ1v) is 10.3. The van der Waals surface area contributed by atoms with Crippen LogP contribution in [0.25, 0.3) is 0 Å². The van der Waals surface area contributed by atoms with E-state index in [1.54, 1.807) is 11.0 Å². The number of amides is 1. The number of carbonyl (C=O) groups excluding carboxylic acids is 1. The second-order valence-corrected chi connectivity index (χ2v) is 7.78. The lowest BCUT2D eigenvalue weighted by atomic mass is 10.1. The van der Waals surface area contributed by atoms with Gasteiger partial charge in [-0.15, -0.1) is 0 Å². The Hall–Kier alpha value is -2.64. The van der Waals surface area contributed by atoms with Crippen molar-refractivity contribution in [3.05, 3.63) is 65.5 Å². The van der Waals surface area contributed by atoms with Crippen LogP contribution in [0.3, 0.4) is 0 Å². The molecule has 1 amide bonds. The summed E-state index contributed by atoms with van der Waals surface area (Å²) < 4.78 is 25.3. The number of hydrogen-bond donors (Lipinski definition) is 1. The molecule has 30 heavy (non-hydrogen) atoms. The van der Waals surface area contributed by atoms with Gasteiger partial charge in [0.1, 0.15) is 6.61 Å². The highest BCUT2D eigenvalue weighted by Crippen LogP contribution is 2.19. The Balaban J connectivity index is 1.42. The molecule has 162 valence electrons. The van der Waals surface area contributed by atoms with Gasteiger partial charge in [-0.25, -0.2) is 9.18 Å². The Bertz CT molecular complexity index is 817. The second-order valence-electron chi connectivity index (χ2n) is 7.78. The number of carbonyl (C=O) groups is 1. The molecular weight excluding hydrogens is 385 g/mol. The van der Waals surface area contributed by atoms with Gasteiger partial charge in [-0.2, -0.15) is 0 Å². The number of piperazine rings is 1. The first-order chi connectivity index (χ1) is 14.5. The highest BCUT2D eigenvalue weighted by molar-refractivity contribution is 5.67. The minimum Gasteiger partial charge on any atom is -0.490 e. The van der Waals surface area contributed by atoms with Gasteiger partial charge < -0.3 is 24.6 Å². The van der Waals surface area contributed by atoms with Crippen molar-refractivity contribution >= 4 is 6.09 Å². The van der Waals surface area contributed by atoms with E-state index in [9.17, 15) is 9.18 Å². The molecular formula is C23H30FN3O3. The van der Waals surface area contributed by atoms with Gasteiger partial charge >= 0.3 is 6.09 Å². The van der Waals surface area contributed by atoms with Crippen molar-refractivity contribution in [1.29, 1.82) is 0 Å². The third-order valence-electron chi connectivity index (χ3n) is 4.94. The monoisotopic (exact) mass is 415 g/mol. The Labute approximate surface area is 177 Å². The molecule has 1 aliphatic rings. The highest BCUT2D eigenvalue weighted by Gasteiger charge is 2.24. The number of nitrogens with one attached hydrogen (secondary N) is 1. The normalized spacial score (nSPS) is 16.5. The molecule has 1 saturated heterocycles. The van der Waals surface area contributed by atoms with Crippen molar-refractivity contribution in [2.45, 2.75) is 25.6 Å². The summed E-state index contributed by atoms with van der Waals surface area (Å²) in [5, 5.41) is 3.38. The van der Waals surface area contributed by atoms with Crippen molar-refractivity contribution in [2.75, 3.05) is 40.3 Å². The van der Waals surface area contributed by atoms with Crippen LogP contribution in [-0.2, 0) is 17.9 Å². The predicted octanol–water partition coefficient (Wildman–Crippen LogP) is 3.27. The molecule has 3 rings (SSSR count). The molecule has 2 aromatic carbocycles. The molecule has 1 aliphatic heterocycles. The fourth-order valence-electron chi connectivity index (χ4n) is 3.43. The van der Waals surface area contributed by atoms with E-state index in [0.717, 1.165) is 11.1 Å². The number of ether oxygens (including phenoxy) is 2. The average molecular weight is 416 g/mol. The van der Waals surface area contributed by atoms with Crippen molar-refractivity contribution < 1.29 is 18.7 Å². The number of hydrogen-bond acceptors (Lipinski definition) is 5. The fraction of sp³-hybridized carbons (Fsp3) is 0.435. The van der Waals surface area contributed by atoms with E-state index in [4.69, 9.17) is 9.47 Å². The van der Waals surface area contributed by atoms with Gasteiger partial charge in [0.05, 0.1) is 6.61 Å². The average Bonchev–Trinajstić information content (AvgIpc) is 2.74. The summed E-state index contributed by atoms with van der Waals surface area (Å²) in [4.78, 5) is 16.1. The lowest BCUT2D eigenvalue weighted by Gasteiger charge is -2.33. The molecule has 2 aromatic rings. The zero-order valence-electron chi connectivity index (χ0n) is 17.6. The lowest BCUT2D eigenvalue weighted by molar-refractivity contribution is 0.0826. The number of rotatable bonds is 8. The second kappa shape index (κ2) is 10.9. The van der Waals surface area contributed by atoms with Gasteiger partial charge in [-0.05, 0) is 43.8 Å². The van der Waals surface area contributed by atoms with E-state index in [2.05, 4.69) is 5.32 Å². The molecule has 0 bridgehead atoms. The van der Waals surface area contributed by atoms with Gasteiger partial charge in [-0.1, -0.05) is 36.4 Å². The van der Waals surface area contributed by atoms with Gasteiger partial charge in [0, 0.05) is 32.2 Å². The van der Waals surface area contributed by atoms with E-state index >= 15 is 0 Å². The van der Waals surface area contributed by atoms with Crippen molar-refractivity contribution in [3.63, 3.8) is 0 Å². The van der Waals surface area contributed by atoms with E-state index in [1.807, 2.05) is 55.4 Å². The summed E-state index contributed by atoms with van der Waals surface area (Å²) in [7, 11) is 3.89. The maximum absolute atomic E-state index is 14.2. The molecule has 0 spiro atoms. The van der Waals surface area contributed by atoms with Crippen LogP contribution < -0.4 is 10.1 Å². The summed E-state index contributed by atoms with van der Waals surface area (Å²) in [6.45, 7) is 3.15. The Morgan fingerprint density at radius 3 is 2.73 bits per heavy atom. The topological polar surface area (TPSA) is 54.0 Å². The Kier molecular flexibility index (Phi) is 8.04. The predicted molar refractivity (Wildman–Crippen MR) is 114 cm³/mol. The summed E-state index contributed by atoms with van der Waals surface area (Å²) in [5.41, 5.74) is 1.87. The third kappa shape index (κ3) is 6.71. The molecule has 1 atom stereocenters. The maximum atomic E-state index is 14.2. The van der Waals surface area contributed by atoms with Crippen LogP contribution in [0.2, 0.25) is 0 Å². The van der Waals surface area contributed by atoms with Crippen LogP contribution in [0.15, 0.2) is 48.5 Å². The molecule has 0 radical (unpaired) electrons. The highest BCUT2D eigenvalue weighted by atomic mass is 19.1. The van der Waals surface area contributed by atoms with Crippen molar-refractivity contribution in [1.82, 2.24) is 15.1 Å². The van der Waals surface area contributed by atoms with Crippen LogP contribution >= 0.6 is 0 Å². The minimum atomic E-state index is -0.350. The van der Waals surface area contributed by atoms with Crippen LogP contribution in [0.5, 0.6) is 5.75 Å². The van der Waals surface area contributed by atoms with Gasteiger partial charge in [0.2, 0.25) is 0 Å². The summed E-state index contributed by atoms with van der Waals surface area (Å²) >= 11 is 0. The molecule has 0 saturated carbocycles. The summed E-state index contributed by atoms with van der Waals surface area (Å²) in [6.07, 6.45) is 0.357. The molecule has 0 aromatic heterocycles. The van der Waals surface area contributed by atoms with Crippen LogP contribution in [0.1, 0.15) is 17.5 Å². The largest absolute Gasteiger partial charge is 0.490 e. The molecule has 0 aliphatic carbocycles. The quantitative estimate of drug-likeness (QED) is 0.717. The van der Waals surface area contributed by atoms with Crippen molar-refractivity contribution in [3.8, 4) is 5.75 Å². The van der Waals surface area contributed by atoms with E-state index in [1.165, 1.54) is 6.07 Å². The number of nitrogens with zero attached hydrogens (tertiary/aromatic N) is 2. The van der Waals surface area contributed by atoms with Crippen molar-refractivity contribution in [2.24, 2.45) is 0 Å². The van der Waals surface area contributed by atoms with E-state index in [0.29, 0.717) is 39.2 Å². The maximum Gasteiger partial charge on any atom is 0.410 e. The zero-order valence-corrected chi connectivity index (χ0v) is 17.6. The van der Waals surface area contributed by atoms with Gasteiger partial charge in [-0.3, -0.25) is 0 Å².